The van der Waals surface area contributed by atoms with Crippen LogP contribution in [-0.4, -0.2) is 19.4 Å². The Labute approximate surface area is 107 Å². The van der Waals surface area contributed by atoms with Crippen molar-refractivity contribution in [2.45, 2.75) is 25.7 Å². The second kappa shape index (κ2) is 4.38. The predicted molar refractivity (Wildman–Crippen MR) is 69.1 cm³/mol. The van der Waals surface area contributed by atoms with E-state index in [0.717, 1.165) is 50.7 Å². The van der Waals surface area contributed by atoms with Crippen molar-refractivity contribution in [3.63, 3.8) is 0 Å². The van der Waals surface area contributed by atoms with Crippen LogP contribution in [0.15, 0.2) is 24.3 Å². The SMILES string of the molecule is O=CC1CC2(CCN(c3ccccc3F)CC2)C1. The molecule has 3 heteroatoms. The summed E-state index contributed by atoms with van der Waals surface area (Å²) in [4.78, 5) is 12.8. The van der Waals surface area contributed by atoms with Crippen molar-refractivity contribution in [1.82, 2.24) is 0 Å². The quantitative estimate of drug-likeness (QED) is 0.749. The van der Waals surface area contributed by atoms with Crippen molar-refractivity contribution in [3.05, 3.63) is 30.1 Å². The van der Waals surface area contributed by atoms with Crippen molar-refractivity contribution < 1.29 is 9.18 Å². The summed E-state index contributed by atoms with van der Waals surface area (Å²) in [6.07, 6.45) is 5.36. The van der Waals surface area contributed by atoms with E-state index in [2.05, 4.69) is 4.90 Å². The molecular formula is C15H18FNO. The number of hydrogen-bond donors (Lipinski definition) is 0. The number of hydrogen-bond acceptors (Lipinski definition) is 2. The monoisotopic (exact) mass is 247 g/mol. The summed E-state index contributed by atoms with van der Waals surface area (Å²) in [5, 5.41) is 0. The van der Waals surface area contributed by atoms with E-state index >= 15 is 0 Å². The van der Waals surface area contributed by atoms with Crippen molar-refractivity contribution in [3.8, 4) is 0 Å². The lowest BCUT2D eigenvalue weighted by Crippen LogP contribution is -2.47. The van der Waals surface area contributed by atoms with Crippen molar-refractivity contribution >= 4 is 12.0 Å². The number of nitrogens with zero attached hydrogens (tertiary/aromatic N) is 1. The molecule has 96 valence electrons. The zero-order valence-corrected chi connectivity index (χ0v) is 10.4. The molecule has 0 atom stereocenters. The normalized spacial score (nSPS) is 22.8. The molecule has 0 N–H and O–H groups in total. The topological polar surface area (TPSA) is 20.3 Å². The molecule has 18 heavy (non-hydrogen) atoms. The zero-order valence-electron chi connectivity index (χ0n) is 10.4. The average Bonchev–Trinajstić information content (AvgIpc) is 2.37. The Morgan fingerprint density at radius 3 is 2.50 bits per heavy atom. The number of carbonyl (C=O) groups is 1. The Hall–Kier alpha value is -1.38. The summed E-state index contributed by atoms with van der Waals surface area (Å²) < 4.78 is 13.7. The molecule has 1 aliphatic carbocycles. The van der Waals surface area contributed by atoms with Gasteiger partial charge in [-0.05, 0) is 43.2 Å². The average molecular weight is 247 g/mol. The number of aldehydes is 1. The van der Waals surface area contributed by atoms with Gasteiger partial charge in [-0.3, -0.25) is 0 Å². The molecule has 0 amide bonds. The molecule has 1 aromatic carbocycles. The molecular weight excluding hydrogens is 229 g/mol. The first-order chi connectivity index (χ1) is 8.72. The van der Waals surface area contributed by atoms with Crippen molar-refractivity contribution in [2.75, 3.05) is 18.0 Å². The molecule has 0 radical (unpaired) electrons. The maximum absolute atomic E-state index is 13.7. The second-order valence-corrected chi connectivity index (χ2v) is 5.74. The van der Waals surface area contributed by atoms with Crippen LogP contribution in [0, 0.1) is 17.2 Å². The smallest absolute Gasteiger partial charge is 0.146 e. The van der Waals surface area contributed by atoms with Crippen LogP contribution in [-0.2, 0) is 4.79 Å². The van der Waals surface area contributed by atoms with Crippen LogP contribution >= 0.6 is 0 Å². The van der Waals surface area contributed by atoms with Gasteiger partial charge in [0.2, 0.25) is 0 Å². The molecule has 1 saturated heterocycles. The van der Waals surface area contributed by atoms with E-state index in [1.165, 1.54) is 6.07 Å². The molecule has 1 aliphatic heterocycles. The molecule has 1 spiro atoms. The summed E-state index contributed by atoms with van der Waals surface area (Å²) in [5.74, 6) is 0.151. The number of rotatable bonds is 2. The largest absolute Gasteiger partial charge is 0.369 e. The van der Waals surface area contributed by atoms with Gasteiger partial charge in [0.1, 0.15) is 12.1 Å². The minimum absolute atomic E-state index is 0.132. The molecule has 1 aromatic rings. The maximum Gasteiger partial charge on any atom is 0.146 e. The van der Waals surface area contributed by atoms with Gasteiger partial charge in [0, 0.05) is 19.0 Å². The Kier molecular flexibility index (Phi) is 2.84. The van der Waals surface area contributed by atoms with Crippen molar-refractivity contribution in [1.29, 1.82) is 0 Å². The lowest BCUT2D eigenvalue weighted by atomic mass is 9.58. The standard InChI is InChI=1S/C15H18FNO/c16-13-3-1-2-4-14(13)17-7-5-15(6-8-17)9-12(10-15)11-18/h1-4,11-12H,5-10H2. The van der Waals surface area contributed by atoms with Gasteiger partial charge in [-0.1, -0.05) is 12.1 Å². The molecule has 0 unspecified atom stereocenters. The highest BCUT2D eigenvalue weighted by atomic mass is 19.1. The van der Waals surface area contributed by atoms with Crippen LogP contribution in [0.1, 0.15) is 25.7 Å². The molecule has 2 aliphatic rings. The van der Waals surface area contributed by atoms with Crippen LogP contribution in [0.5, 0.6) is 0 Å². The fourth-order valence-electron chi connectivity index (χ4n) is 3.49. The molecule has 1 saturated carbocycles. The lowest BCUT2D eigenvalue weighted by Gasteiger charge is -2.51. The van der Waals surface area contributed by atoms with E-state index in [-0.39, 0.29) is 11.7 Å². The Balaban J connectivity index is 1.64. The fourth-order valence-corrected chi connectivity index (χ4v) is 3.49. The number of anilines is 1. The number of halogens is 1. The lowest BCUT2D eigenvalue weighted by molar-refractivity contribution is -0.118. The maximum atomic E-state index is 13.7. The van der Waals surface area contributed by atoms with Gasteiger partial charge in [-0.25, -0.2) is 4.39 Å². The predicted octanol–water partition coefficient (Wildman–Crippen LogP) is 3.02. The molecule has 2 fully saturated rings. The van der Waals surface area contributed by atoms with Gasteiger partial charge in [-0.2, -0.15) is 0 Å². The minimum Gasteiger partial charge on any atom is -0.369 e. The van der Waals surface area contributed by atoms with E-state index in [1.54, 1.807) is 6.07 Å². The summed E-state index contributed by atoms with van der Waals surface area (Å²) in [7, 11) is 0. The first kappa shape index (κ1) is 11.7. The second-order valence-electron chi connectivity index (χ2n) is 5.74. The van der Waals surface area contributed by atoms with Crippen molar-refractivity contribution in [2.24, 2.45) is 11.3 Å². The van der Waals surface area contributed by atoms with Gasteiger partial charge < -0.3 is 9.69 Å². The van der Waals surface area contributed by atoms with Crippen LogP contribution in [0.25, 0.3) is 0 Å². The van der Waals surface area contributed by atoms with E-state index in [9.17, 15) is 9.18 Å². The third-order valence-corrected chi connectivity index (χ3v) is 4.60. The number of para-hydroxylation sites is 1. The molecule has 1 heterocycles. The highest BCUT2D eigenvalue weighted by molar-refractivity contribution is 5.56. The number of benzene rings is 1. The molecule has 0 bridgehead atoms. The first-order valence-electron chi connectivity index (χ1n) is 6.67. The summed E-state index contributed by atoms with van der Waals surface area (Å²) in [6.45, 7) is 1.82. The minimum atomic E-state index is -0.132. The van der Waals surface area contributed by atoms with E-state index < -0.39 is 0 Å². The third-order valence-electron chi connectivity index (χ3n) is 4.60. The van der Waals surface area contributed by atoms with Gasteiger partial charge in [0.05, 0.1) is 5.69 Å². The van der Waals surface area contributed by atoms with Crippen LogP contribution in [0.4, 0.5) is 10.1 Å². The van der Waals surface area contributed by atoms with Gasteiger partial charge in [0.25, 0.3) is 0 Å². The van der Waals surface area contributed by atoms with Gasteiger partial charge in [-0.15, -0.1) is 0 Å². The Bertz CT molecular complexity index is 444. The zero-order chi connectivity index (χ0) is 12.6. The molecule has 2 nitrogen and oxygen atoms in total. The highest BCUT2D eigenvalue weighted by Crippen LogP contribution is 2.52. The van der Waals surface area contributed by atoms with Crippen LogP contribution in [0.3, 0.4) is 0 Å². The fraction of sp³-hybridized carbons (Fsp3) is 0.533. The number of piperidine rings is 1. The van der Waals surface area contributed by atoms with E-state index in [4.69, 9.17) is 0 Å². The van der Waals surface area contributed by atoms with Crippen LogP contribution < -0.4 is 4.90 Å². The Morgan fingerprint density at radius 2 is 1.89 bits per heavy atom. The highest BCUT2D eigenvalue weighted by Gasteiger charge is 2.45. The summed E-state index contributed by atoms with van der Waals surface area (Å²) >= 11 is 0. The summed E-state index contributed by atoms with van der Waals surface area (Å²) in [5.41, 5.74) is 1.10. The number of carbonyl (C=O) groups excluding carboxylic acids is 1. The van der Waals surface area contributed by atoms with Crippen LogP contribution in [0.2, 0.25) is 0 Å². The molecule has 0 aromatic heterocycles. The Morgan fingerprint density at radius 1 is 1.22 bits per heavy atom. The summed E-state index contributed by atoms with van der Waals surface area (Å²) in [6, 6.07) is 6.98. The molecule has 3 rings (SSSR count). The first-order valence-corrected chi connectivity index (χ1v) is 6.67. The van der Waals surface area contributed by atoms with Gasteiger partial charge in [0.15, 0.2) is 0 Å². The van der Waals surface area contributed by atoms with Gasteiger partial charge >= 0.3 is 0 Å². The third kappa shape index (κ3) is 1.92. The van der Waals surface area contributed by atoms with E-state index in [0.29, 0.717) is 5.41 Å². The van der Waals surface area contributed by atoms with E-state index in [1.807, 2.05) is 12.1 Å².